The lowest BCUT2D eigenvalue weighted by Crippen LogP contribution is -2.53. The SMILES string of the molecule is COc1ccc(C(=O)Nc2ccc(S(=O)(=O)N3CCSCC3C(=O)N(C)C)cc2)cc1I. The van der Waals surface area contributed by atoms with Crippen LogP contribution in [0.4, 0.5) is 5.69 Å². The molecule has 0 spiro atoms. The Labute approximate surface area is 205 Å². The summed E-state index contributed by atoms with van der Waals surface area (Å²) in [6.45, 7) is 0.270. The quantitative estimate of drug-likeness (QED) is 0.521. The van der Waals surface area contributed by atoms with Crippen LogP contribution >= 0.6 is 34.4 Å². The molecule has 1 aliphatic heterocycles. The van der Waals surface area contributed by atoms with E-state index in [2.05, 4.69) is 27.9 Å². The number of hydrogen-bond acceptors (Lipinski definition) is 6. The van der Waals surface area contributed by atoms with Crippen molar-refractivity contribution in [3.8, 4) is 5.75 Å². The second kappa shape index (κ2) is 10.4. The molecule has 2 aromatic carbocycles. The molecule has 11 heteroatoms. The fourth-order valence-electron chi connectivity index (χ4n) is 3.23. The maximum Gasteiger partial charge on any atom is 0.255 e. The molecule has 1 unspecified atom stereocenters. The van der Waals surface area contributed by atoms with Gasteiger partial charge in [0, 0.05) is 43.4 Å². The third kappa shape index (κ3) is 5.38. The van der Waals surface area contributed by atoms with Gasteiger partial charge in [-0.3, -0.25) is 9.59 Å². The van der Waals surface area contributed by atoms with Crippen LogP contribution in [0.5, 0.6) is 5.75 Å². The van der Waals surface area contributed by atoms with Gasteiger partial charge in [0.15, 0.2) is 0 Å². The fourth-order valence-corrected chi connectivity index (χ4v) is 6.79. The van der Waals surface area contributed by atoms with Gasteiger partial charge in [-0.1, -0.05) is 0 Å². The number of methoxy groups -OCH3 is 1. The Bertz CT molecular complexity index is 1110. The van der Waals surface area contributed by atoms with Gasteiger partial charge in [0.05, 0.1) is 15.6 Å². The summed E-state index contributed by atoms with van der Waals surface area (Å²) in [6, 6.07) is 10.3. The molecule has 1 heterocycles. The minimum atomic E-state index is -3.86. The van der Waals surface area contributed by atoms with Crippen LogP contribution in [0.1, 0.15) is 10.4 Å². The molecule has 2 aromatic rings. The summed E-state index contributed by atoms with van der Waals surface area (Å²) in [4.78, 5) is 26.6. The number of thioether (sulfide) groups is 1. The van der Waals surface area contributed by atoms with Crippen molar-refractivity contribution in [2.45, 2.75) is 10.9 Å². The number of ether oxygens (including phenoxy) is 1. The maximum absolute atomic E-state index is 13.2. The second-order valence-electron chi connectivity index (χ2n) is 7.27. The maximum atomic E-state index is 13.2. The summed E-state index contributed by atoms with van der Waals surface area (Å²) in [5.74, 6) is 1.18. The number of carbonyl (C=O) groups is 2. The number of halogens is 1. The summed E-state index contributed by atoms with van der Waals surface area (Å²) in [5.41, 5.74) is 0.928. The van der Waals surface area contributed by atoms with E-state index in [-0.39, 0.29) is 23.3 Å². The van der Waals surface area contributed by atoms with Crippen LogP contribution in [-0.4, -0.2) is 74.7 Å². The Kier molecular flexibility index (Phi) is 8.06. The summed E-state index contributed by atoms with van der Waals surface area (Å²) >= 11 is 3.65. The third-order valence-electron chi connectivity index (χ3n) is 4.94. The zero-order valence-electron chi connectivity index (χ0n) is 17.9. The minimum absolute atomic E-state index is 0.0814. The number of carbonyl (C=O) groups excluding carboxylic acids is 2. The topological polar surface area (TPSA) is 96.0 Å². The van der Waals surface area contributed by atoms with E-state index in [0.29, 0.717) is 28.5 Å². The van der Waals surface area contributed by atoms with Crippen LogP contribution in [0.15, 0.2) is 47.4 Å². The Morgan fingerprint density at radius 1 is 1.19 bits per heavy atom. The molecule has 32 heavy (non-hydrogen) atoms. The number of anilines is 1. The van der Waals surface area contributed by atoms with Crippen LogP contribution in [0.2, 0.25) is 0 Å². The van der Waals surface area contributed by atoms with Gasteiger partial charge >= 0.3 is 0 Å². The van der Waals surface area contributed by atoms with E-state index in [1.54, 1.807) is 63.3 Å². The number of nitrogens with zero attached hydrogens (tertiary/aromatic N) is 2. The zero-order chi connectivity index (χ0) is 23.5. The number of nitrogens with one attached hydrogen (secondary N) is 1. The predicted molar refractivity (Wildman–Crippen MR) is 134 cm³/mol. The Morgan fingerprint density at radius 3 is 2.47 bits per heavy atom. The highest BCUT2D eigenvalue weighted by Gasteiger charge is 2.38. The standard InChI is InChI=1S/C21H24IN3O5S2/c1-24(2)21(27)18-13-31-11-10-25(18)32(28,29)16-7-5-15(6-8-16)23-20(26)14-4-9-19(30-3)17(22)12-14/h4-9,12,18H,10-11,13H2,1-3H3,(H,23,26). The molecule has 8 nitrogen and oxygen atoms in total. The first-order valence-electron chi connectivity index (χ1n) is 9.71. The van der Waals surface area contributed by atoms with Crippen molar-refractivity contribution in [1.82, 2.24) is 9.21 Å². The highest BCUT2D eigenvalue weighted by molar-refractivity contribution is 14.1. The van der Waals surface area contributed by atoms with E-state index in [1.807, 2.05) is 0 Å². The molecule has 0 radical (unpaired) electrons. The lowest BCUT2D eigenvalue weighted by atomic mass is 10.2. The van der Waals surface area contributed by atoms with Crippen LogP contribution in [0.25, 0.3) is 0 Å². The highest BCUT2D eigenvalue weighted by Crippen LogP contribution is 2.27. The number of rotatable bonds is 6. The number of benzene rings is 2. The van der Waals surface area contributed by atoms with Crippen LogP contribution in [-0.2, 0) is 14.8 Å². The molecule has 0 aliphatic carbocycles. The lowest BCUT2D eigenvalue weighted by Gasteiger charge is -2.34. The molecule has 1 N–H and O–H groups in total. The minimum Gasteiger partial charge on any atom is -0.496 e. The monoisotopic (exact) mass is 589 g/mol. The molecule has 0 saturated carbocycles. The van der Waals surface area contributed by atoms with Gasteiger partial charge in [0.2, 0.25) is 15.9 Å². The van der Waals surface area contributed by atoms with E-state index in [0.717, 1.165) is 3.57 Å². The average molecular weight is 589 g/mol. The average Bonchev–Trinajstić information content (AvgIpc) is 2.78. The third-order valence-corrected chi connectivity index (χ3v) is 8.73. The van der Waals surface area contributed by atoms with Gasteiger partial charge in [-0.15, -0.1) is 0 Å². The molecular formula is C21H24IN3O5S2. The summed E-state index contributed by atoms with van der Waals surface area (Å²) in [5, 5.41) is 2.77. The first kappa shape index (κ1) is 24.8. The van der Waals surface area contributed by atoms with Gasteiger partial charge in [-0.25, -0.2) is 8.42 Å². The van der Waals surface area contributed by atoms with E-state index in [4.69, 9.17) is 4.74 Å². The molecule has 1 saturated heterocycles. The van der Waals surface area contributed by atoms with Crippen molar-refractivity contribution in [1.29, 1.82) is 0 Å². The summed E-state index contributed by atoms with van der Waals surface area (Å²) in [7, 11) is 0.946. The smallest absolute Gasteiger partial charge is 0.255 e. The number of sulfonamides is 1. The number of likely N-dealkylation sites (N-methyl/N-ethyl adjacent to an activating group) is 1. The van der Waals surface area contributed by atoms with E-state index in [1.165, 1.54) is 21.3 Å². The van der Waals surface area contributed by atoms with E-state index in [9.17, 15) is 18.0 Å². The van der Waals surface area contributed by atoms with Crippen molar-refractivity contribution < 1.29 is 22.7 Å². The summed E-state index contributed by atoms with van der Waals surface area (Å²) < 4.78 is 33.7. The molecule has 1 atom stereocenters. The summed E-state index contributed by atoms with van der Waals surface area (Å²) in [6.07, 6.45) is 0. The van der Waals surface area contributed by atoms with Crippen LogP contribution in [0.3, 0.4) is 0 Å². The van der Waals surface area contributed by atoms with Crippen LogP contribution < -0.4 is 10.1 Å². The molecule has 1 aliphatic rings. The van der Waals surface area contributed by atoms with Gasteiger partial charge in [-0.05, 0) is 65.1 Å². The molecule has 1 fully saturated rings. The van der Waals surface area contributed by atoms with Crippen LogP contribution in [0, 0.1) is 3.57 Å². The van der Waals surface area contributed by atoms with Gasteiger partial charge in [0.1, 0.15) is 11.8 Å². The van der Waals surface area contributed by atoms with Gasteiger partial charge in [-0.2, -0.15) is 16.1 Å². The van der Waals surface area contributed by atoms with Gasteiger partial charge in [0.25, 0.3) is 5.91 Å². The van der Waals surface area contributed by atoms with E-state index >= 15 is 0 Å². The second-order valence-corrected chi connectivity index (χ2v) is 11.5. The molecule has 3 rings (SSSR count). The molecule has 172 valence electrons. The fraction of sp³-hybridized carbons (Fsp3) is 0.333. The van der Waals surface area contributed by atoms with E-state index < -0.39 is 16.1 Å². The molecule has 0 aromatic heterocycles. The van der Waals surface area contributed by atoms with Gasteiger partial charge < -0.3 is 15.0 Å². The molecule has 0 bridgehead atoms. The Hall–Kier alpha value is -1.83. The number of hydrogen-bond donors (Lipinski definition) is 1. The first-order chi connectivity index (χ1) is 15.1. The number of amides is 2. The largest absolute Gasteiger partial charge is 0.496 e. The lowest BCUT2D eigenvalue weighted by molar-refractivity contribution is -0.132. The Morgan fingerprint density at radius 2 is 1.88 bits per heavy atom. The first-order valence-corrected chi connectivity index (χ1v) is 13.4. The van der Waals surface area contributed by atoms with Crippen molar-refractivity contribution in [2.24, 2.45) is 0 Å². The predicted octanol–water partition coefficient (Wildman–Crippen LogP) is 2.75. The Balaban J connectivity index is 1.77. The van der Waals surface area contributed by atoms with Crippen molar-refractivity contribution in [2.75, 3.05) is 44.6 Å². The highest BCUT2D eigenvalue weighted by atomic mass is 127. The van der Waals surface area contributed by atoms with Crippen molar-refractivity contribution in [3.05, 3.63) is 51.6 Å². The van der Waals surface area contributed by atoms with Crippen molar-refractivity contribution >= 4 is 61.9 Å². The zero-order valence-corrected chi connectivity index (χ0v) is 21.7. The molecule has 2 amide bonds. The van der Waals surface area contributed by atoms with Crippen molar-refractivity contribution in [3.63, 3.8) is 0 Å². The molecular weight excluding hydrogens is 565 g/mol. The normalized spacial score (nSPS) is 16.9.